The molecular weight excluding hydrogens is 203 g/mol. The molecule has 1 aromatic carbocycles. The van der Waals surface area contributed by atoms with Crippen LogP contribution in [0.1, 0.15) is 5.56 Å². The van der Waals surface area contributed by atoms with Gasteiger partial charge in [-0.1, -0.05) is 6.07 Å². The van der Waals surface area contributed by atoms with Gasteiger partial charge in [-0.2, -0.15) is 0 Å². The largest absolute Gasteiger partial charge is 0.205 e. The van der Waals surface area contributed by atoms with Crippen LogP contribution in [0.2, 0.25) is 0 Å². The SMILES string of the molecule is CSc1ccc(C)c2c(F)csc12. The molecule has 1 heterocycles. The highest BCUT2D eigenvalue weighted by molar-refractivity contribution is 7.99. The van der Waals surface area contributed by atoms with Gasteiger partial charge in [0.1, 0.15) is 5.82 Å². The van der Waals surface area contributed by atoms with Crippen LogP contribution in [0.4, 0.5) is 4.39 Å². The van der Waals surface area contributed by atoms with E-state index in [1.807, 2.05) is 19.2 Å². The van der Waals surface area contributed by atoms with Crippen molar-refractivity contribution in [2.75, 3.05) is 6.26 Å². The van der Waals surface area contributed by atoms with Crippen LogP contribution in [-0.4, -0.2) is 6.26 Å². The lowest BCUT2D eigenvalue weighted by Gasteiger charge is -2.01. The van der Waals surface area contributed by atoms with Gasteiger partial charge in [-0.3, -0.25) is 0 Å². The molecule has 0 bridgehead atoms. The summed E-state index contributed by atoms with van der Waals surface area (Å²) in [6.45, 7) is 1.95. The molecule has 0 amide bonds. The van der Waals surface area contributed by atoms with E-state index in [-0.39, 0.29) is 5.82 Å². The lowest BCUT2D eigenvalue weighted by atomic mass is 10.1. The van der Waals surface area contributed by atoms with E-state index in [4.69, 9.17) is 0 Å². The molecule has 0 N–H and O–H groups in total. The van der Waals surface area contributed by atoms with Gasteiger partial charge in [0.25, 0.3) is 0 Å². The van der Waals surface area contributed by atoms with Gasteiger partial charge >= 0.3 is 0 Å². The maximum absolute atomic E-state index is 13.3. The molecule has 0 spiro atoms. The number of rotatable bonds is 1. The standard InChI is InChI=1S/C10H9FS2/c1-6-3-4-8(12-2)10-9(6)7(11)5-13-10/h3-5H,1-2H3. The smallest absolute Gasteiger partial charge is 0.142 e. The number of hydrogen-bond donors (Lipinski definition) is 0. The third-order valence-corrected chi connectivity index (χ3v) is 3.96. The summed E-state index contributed by atoms with van der Waals surface area (Å²) in [5.74, 6) is -0.0894. The number of fused-ring (bicyclic) bond motifs is 1. The highest BCUT2D eigenvalue weighted by atomic mass is 32.2. The van der Waals surface area contributed by atoms with Gasteiger partial charge in [-0.05, 0) is 24.8 Å². The lowest BCUT2D eigenvalue weighted by molar-refractivity contribution is 0.643. The zero-order chi connectivity index (χ0) is 9.42. The van der Waals surface area contributed by atoms with E-state index < -0.39 is 0 Å². The number of aryl methyl sites for hydroxylation is 1. The molecule has 0 aliphatic rings. The number of hydrogen-bond acceptors (Lipinski definition) is 2. The average Bonchev–Trinajstić information content (AvgIpc) is 2.50. The second-order valence-electron chi connectivity index (χ2n) is 2.87. The molecule has 0 aliphatic heterocycles. The summed E-state index contributed by atoms with van der Waals surface area (Å²) < 4.78 is 14.4. The summed E-state index contributed by atoms with van der Waals surface area (Å²) in [5, 5.41) is 2.37. The molecule has 0 saturated heterocycles. The molecule has 2 rings (SSSR count). The zero-order valence-corrected chi connectivity index (χ0v) is 9.06. The Labute approximate surface area is 84.8 Å². The first-order valence-electron chi connectivity index (χ1n) is 3.94. The van der Waals surface area contributed by atoms with Crippen molar-refractivity contribution in [2.45, 2.75) is 11.8 Å². The Morgan fingerprint density at radius 3 is 2.85 bits per heavy atom. The Kier molecular flexibility index (Phi) is 2.30. The first-order valence-corrected chi connectivity index (χ1v) is 6.04. The van der Waals surface area contributed by atoms with Gasteiger partial charge < -0.3 is 0 Å². The lowest BCUT2D eigenvalue weighted by Crippen LogP contribution is -1.78. The predicted octanol–water partition coefficient (Wildman–Crippen LogP) is 4.07. The summed E-state index contributed by atoms with van der Waals surface area (Å²) in [6.07, 6.45) is 2.02. The van der Waals surface area contributed by atoms with E-state index in [1.54, 1.807) is 17.1 Å². The third-order valence-electron chi connectivity index (χ3n) is 2.07. The molecule has 2 aromatic rings. The van der Waals surface area contributed by atoms with Gasteiger partial charge in [-0.25, -0.2) is 4.39 Å². The molecule has 0 saturated carbocycles. The van der Waals surface area contributed by atoms with Crippen LogP contribution in [0.3, 0.4) is 0 Å². The fourth-order valence-electron chi connectivity index (χ4n) is 1.41. The Bertz CT molecular complexity index is 445. The molecule has 0 radical (unpaired) electrons. The summed E-state index contributed by atoms with van der Waals surface area (Å²) >= 11 is 3.15. The van der Waals surface area contributed by atoms with Crippen molar-refractivity contribution in [1.29, 1.82) is 0 Å². The molecule has 0 fully saturated rings. The van der Waals surface area contributed by atoms with E-state index in [0.717, 1.165) is 20.5 Å². The maximum Gasteiger partial charge on any atom is 0.142 e. The Hall–Kier alpha value is -0.540. The topological polar surface area (TPSA) is 0 Å². The van der Waals surface area contributed by atoms with Gasteiger partial charge in [0.2, 0.25) is 0 Å². The third kappa shape index (κ3) is 1.36. The van der Waals surface area contributed by atoms with Crippen molar-refractivity contribution in [2.24, 2.45) is 0 Å². The van der Waals surface area contributed by atoms with Gasteiger partial charge in [0.15, 0.2) is 0 Å². The molecule has 0 aliphatic carbocycles. The van der Waals surface area contributed by atoms with Gasteiger partial charge in [0, 0.05) is 15.7 Å². The number of thioether (sulfide) groups is 1. The van der Waals surface area contributed by atoms with Crippen molar-refractivity contribution in [1.82, 2.24) is 0 Å². The summed E-state index contributed by atoms with van der Waals surface area (Å²) in [4.78, 5) is 1.16. The second-order valence-corrected chi connectivity index (χ2v) is 4.60. The van der Waals surface area contributed by atoms with Crippen molar-refractivity contribution in [3.8, 4) is 0 Å². The van der Waals surface area contributed by atoms with Crippen LogP contribution in [0, 0.1) is 12.7 Å². The molecule has 1 aromatic heterocycles. The summed E-state index contributed by atoms with van der Waals surface area (Å²) in [7, 11) is 0. The molecule has 3 heteroatoms. The molecular formula is C10H9FS2. The monoisotopic (exact) mass is 212 g/mol. The quantitative estimate of drug-likeness (QED) is 0.642. The minimum atomic E-state index is -0.0894. The van der Waals surface area contributed by atoms with E-state index in [1.165, 1.54) is 11.3 Å². The van der Waals surface area contributed by atoms with Gasteiger partial charge in [-0.15, -0.1) is 23.1 Å². The molecule has 0 nitrogen and oxygen atoms in total. The Morgan fingerprint density at radius 2 is 2.15 bits per heavy atom. The van der Waals surface area contributed by atoms with Crippen LogP contribution in [0.25, 0.3) is 10.1 Å². The number of benzene rings is 1. The van der Waals surface area contributed by atoms with Crippen LogP contribution in [-0.2, 0) is 0 Å². The second kappa shape index (κ2) is 3.31. The first-order chi connectivity index (χ1) is 6.24. The van der Waals surface area contributed by atoms with Crippen LogP contribution >= 0.6 is 23.1 Å². The maximum atomic E-state index is 13.3. The Balaban J connectivity index is 2.87. The predicted molar refractivity (Wildman–Crippen MR) is 58.3 cm³/mol. The number of thiophene rings is 1. The fraction of sp³-hybridized carbons (Fsp3) is 0.200. The minimum Gasteiger partial charge on any atom is -0.205 e. The molecule has 0 atom stereocenters. The first kappa shape index (κ1) is 9.03. The fourth-order valence-corrected chi connectivity index (χ4v) is 3.19. The average molecular weight is 212 g/mol. The van der Waals surface area contributed by atoms with Crippen molar-refractivity contribution in [3.63, 3.8) is 0 Å². The highest BCUT2D eigenvalue weighted by Crippen LogP contribution is 2.34. The minimum absolute atomic E-state index is 0.0894. The van der Waals surface area contributed by atoms with E-state index in [9.17, 15) is 4.39 Å². The highest BCUT2D eigenvalue weighted by Gasteiger charge is 2.09. The van der Waals surface area contributed by atoms with Crippen molar-refractivity contribution >= 4 is 33.2 Å². The molecule has 13 heavy (non-hydrogen) atoms. The van der Waals surface area contributed by atoms with Crippen molar-refractivity contribution in [3.05, 3.63) is 28.9 Å². The summed E-state index contributed by atoms with van der Waals surface area (Å²) in [6, 6.07) is 4.03. The van der Waals surface area contributed by atoms with Crippen LogP contribution in [0.15, 0.2) is 22.4 Å². The molecule has 0 unspecified atom stereocenters. The van der Waals surface area contributed by atoms with Crippen molar-refractivity contribution < 1.29 is 4.39 Å². The van der Waals surface area contributed by atoms with Crippen LogP contribution < -0.4 is 0 Å². The zero-order valence-electron chi connectivity index (χ0n) is 7.43. The van der Waals surface area contributed by atoms with Gasteiger partial charge in [0.05, 0.1) is 4.70 Å². The summed E-state index contributed by atoms with van der Waals surface area (Å²) in [5.41, 5.74) is 1.02. The van der Waals surface area contributed by atoms with E-state index in [0.29, 0.717) is 0 Å². The van der Waals surface area contributed by atoms with E-state index >= 15 is 0 Å². The molecule has 68 valence electrons. The van der Waals surface area contributed by atoms with Crippen LogP contribution in [0.5, 0.6) is 0 Å². The number of halogens is 1. The Morgan fingerprint density at radius 1 is 1.38 bits per heavy atom. The normalized spacial score (nSPS) is 11.0. The van der Waals surface area contributed by atoms with E-state index in [2.05, 4.69) is 6.07 Å².